The van der Waals surface area contributed by atoms with E-state index in [-0.39, 0.29) is 18.0 Å². The van der Waals surface area contributed by atoms with Gasteiger partial charge >= 0.3 is 0 Å². The van der Waals surface area contributed by atoms with Crippen molar-refractivity contribution in [2.75, 3.05) is 26.2 Å². The summed E-state index contributed by atoms with van der Waals surface area (Å²) in [6, 6.07) is 3.35. The van der Waals surface area contributed by atoms with E-state index in [4.69, 9.17) is 0 Å². The molecule has 5 nitrogen and oxygen atoms in total. The Morgan fingerprint density at radius 1 is 1.14 bits per heavy atom. The molecule has 3 rings (SSSR count). The molecule has 0 spiro atoms. The second kappa shape index (κ2) is 6.55. The average molecular weight is 304 g/mol. The van der Waals surface area contributed by atoms with Gasteiger partial charge in [0.2, 0.25) is 5.91 Å². The first-order valence-corrected chi connectivity index (χ1v) is 8.81. The smallest absolute Gasteiger partial charge is 0.240 e. The predicted octanol–water partition coefficient (Wildman–Crippen LogP) is 1.45. The summed E-state index contributed by atoms with van der Waals surface area (Å²) in [6.07, 6.45) is 5.74. The molecule has 0 radical (unpaired) electrons. The highest BCUT2D eigenvalue weighted by Crippen LogP contribution is 2.30. The number of hydrogen-bond acceptors (Lipinski definition) is 4. The van der Waals surface area contributed by atoms with Crippen LogP contribution in [0.25, 0.3) is 0 Å². The van der Waals surface area contributed by atoms with Gasteiger partial charge < -0.3 is 4.90 Å². The number of rotatable bonds is 3. The molecule has 5 heteroatoms. The van der Waals surface area contributed by atoms with Gasteiger partial charge in [0.25, 0.3) is 0 Å². The molecule has 1 saturated carbocycles. The number of piperazine rings is 1. The van der Waals surface area contributed by atoms with E-state index >= 15 is 0 Å². The zero-order valence-corrected chi connectivity index (χ0v) is 13.9. The maximum atomic E-state index is 13.0. The van der Waals surface area contributed by atoms with E-state index in [1.165, 1.54) is 19.3 Å². The van der Waals surface area contributed by atoms with Gasteiger partial charge in [0.15, 0.2) is 0 Å². The minimum Gasteiger partial charge on any atom is -0.337 e. The van der Waals surface area contributed by atoms with Gasteiger partial charge in [-0.05, 0) is 46.1 Å². The number of carbonyl (C=O) groups excluding carboxylic acids is 1. The summed E-state index contributed by atoms with van der Waals surface area (Å²) >= 11 is 0. The summed E-state index contributed by atoms with van der Waals surface area (Å²) in [5, 5.41) is 9.45. The van der Waals surface area contributed by atoms with Crippen molar-refractivity contribution in [3.05, 3.63) is 0 Å². The highest BCUT2D eigenvalue weighted by Gasteiger charge is 2.41. The largest absolute Gasteiger partial charge is 0.337 e. The predicted molar refractivity (Wildman–Crippen MR) is 85.2 cm³/mol. The lowest BCUT2D eigenvalue weighted by Crippen LogP contribution is -2.60. The van der Waals surface area contributed by atoms with Gasteiger partial charge in [-0.15, -0.1) is 0 Å². The second-order valence-corrected chi connectivity index (χ2v) is 7.24. The Kier molecular flexibility index (Phi) is 4.70. The fraction of sp³-hybridized carbons (Fsp3) is 0.882. The van der Waals surface area contributed by atoms with E-state index < -0.39 is 0 Å². The van der Waals surface area contributed by atoms with Crippen LogP contribution in [0, 0.1) is 11.3 Å². The number of piperidine rings is 1. The molecule has 0 unspecified atom stereocenters. The summed E-state index contributed by atoms with van der Waals surface area (Å²) < 4.78 is 0. The highest BCUT2D eigenvalue weighted by molar-refractivity contribution is 5.82. The van der Waals surface area contributed by atoms with Crippen LogP contribution in [-0.2, 0) is 4.79 Å². The van der Waals surface area contributed by atoms with Gasteiger partial charge in [0.1, 0.15) is 6.04 Å². The molecule has 0 aromatic carbocycles. The van der Waals surface area contributed by atoms with Crippen LogP contribution in [-0.4, -0.2) is 71.0 Å². The van der Waals surface area contributed by atoms with Crippen LogP contribution in [0.3, 0.4) is 0 Å². The van der Waals surface area contributed by atoms with Crippen LogP contribution in [0.5, 0.6) is 0 Å². The van der Waals surface area contributed by atoms with Crippen LogP contribution in [0.2, 0.25) is 0 Å². The Bertz CT molecular complexity index is 454. The van der Waals surface area contributed by atoms with Crippen molar-refractivity contribution >= 4 is 5.91 Å². The van der Waals surface area contributed by atoms with E-state index in [0.717, 1.165) is 32.5 Å². The summed E-state index contributed by atoms with van der Waals surface area (Å²) in [4.78, 5) is 19.6. The molecule has 22 heavy (non-hydrogen) atoms. The van der Waals surface area contributed by atoms with Gasteiger partial charge in [-0.2, -0.15) is 5.26 Å². The van der Waals surface area contributed by atoms with Gasteiger partial charge in [-0.3, -0.25) is 14.6 Å². The number of nitrogens with zero attached hydrogens (tertiary/aromatic N) is 4. The third-order valence-corrected chi connectivity index (χ3v) is 5.39. The Balaban J connectivity index is 1.65. The summed E-state index contributed by atoms with van der Waals surface area (Å²) in [6.45, 7) is 7.62. The van der Waals surface area contributed by atoms with Gasteiger partial charge in [-0.25, -0.2) is 0 Å². The van der Waals surface area contributed by atoms with Crippen molar-refractivity contribution in [1.29, 1.82) is 5.26 Å². The molecule has 2 atom stereocenters. The summed E-state index contributed by atoms with van der Waals surface area (Å²) in [7, 11) is 0. The van der Waals surface area contributed by atoms with Crippen LogP contribution in [0.1, 0.15) is 46.0 Å². The lowest BCUT2D eigenvalue weighted by Gasteiger charge is -2.43. The first kappa shape index (κ1) is 15.8. The van der Waals surface area contributed by atoms with E-state index in [9.17, 15) is 10.1 Å². The molecule has 0 aromatic rings. The lowest BCUT2D eigenvalue weighted by atomic mass is 9.98. The SMILES string of the molecule is CC(C)N1CCCC[C@H]1C(=O)N1CCN(C2CC2)[C@H](C#N)C1. The topological polar surface area (TPSA) is 50.6 Å². The van der Waals surface area contributed by atoms with Crippen molar-refractivity contribution in [1.82, 2.24) is 14.7 Å². The molecule has 0 bridgehead atoms. The Morgan fingerprint density at radius 3 is 2.55 bits per heavy atom. The van der Waals surface area contributed by atoms with Crippen molar-refractivity contribution in [2.45, 2.75) is 70.1 Å². The van der Waals surface area contributed by atoms with Gasteiger partial charge in [-0.1, -0.05) is 6.42 Å². The Hall–Kier alpha value is -1.12. The van der Waals surface area contributed by atoms with Crippen molar-refractivity contribution in [2.24, 2.45) is 0 Å². The number of carbonyl (C=O) groups is 1. The molecule has 1 aliphatic carbocycles. The molecular formula is C17H28N4O. The number of hydrogen-bond donors (Lipinski definition) is 0. The van der Waals surface area contributed by atoms with E-state index in [2.05, 4.69) is 29.7 Å². The normalized spacial score (nSPS) is 31.3. The van der Waals surface area contributed by atoms with E-state index in [1.807, 2.05) is 4.90 Å². The fourth-order valence-corrected chi connectivity index (χ4v) is 4.00. The maximum absolute atomic E-state index is 13.0. The van der Waals surface area contributed by atoms with Crippen molar-refractivity contribution < 1.29 is 4.79 Å². The molecule has 122 valence electrons. The van der Waals surface area contributed by atoms with Gasteiger partial charge in [0.05, 0.1) is 12.1 Å². The number of nitriles is 1. The standard InChI is InChI=1S/C17H28N4O/c1-13(2)20-8-4-3-5-16(20)17(22)19-9-10-21(14-6-7-14)15(11-18)12-19/h13-16H,3-10,12H2,1-2H3/t15-,16+/m1/s1. The van der Waals surface area contributed by atoms with Crippen LogP contribution >= 0.6 is 0 Å². The minimum atomic E-state index is -0.110. The number of amides is 1. The molecule has 1 amide bonds. The monoisotopic (exact) mass is 304 g/mol. The fourth-order valence-electron chi connectivity index (χ4n) is 4.00. The average Bonchev–Trinajstić information content (AvgIpc) is 3.38. The first-order valence-electron chi connectivity index (χ1n) is 8.81. The molecule has 2 saturated heterocycles. The van der Waals surface area contributed by atoms with Crippen molar-refractivity contribution in [3.63, 3.8) is 0 Å². The van der Waals surface area contributed by atoms with Gasteiger partial charge in [0, 0.05) is 31.7 Å². The maximum Gasteiger partial charge on any atom is 0.240 e. The Labute approximate surface area is 133 Å². The highest BCUT2D eigenvalue weighted by atomic mass is 16.2. The van der Waals surface area contributed by atoms with Crippen molar-refractivity contribution in [3.8, 4) is 6.07 Å². The molecule has 3 aliphatic rings. The molecular weight excluding hydrogens is 276 g/mol. The van der Waals surface area contributed by atoms with E-state index in [0.29, 0.717) is 18.6 Å². The number of likely N-dealkylation sites (tertiary alicyclic amines) is 1. The third kappa shape index (κ3) is 3.13. The lowest BCUT2D eigenvalue weighted by molar-refractivity contribution is -0.141. The zero-order valence-electron chi connectivity index (χ0n) is 13.9. The third-order valence-electron chi connectivity index (χ3n) is 5.39. The molecule has 3 fully saturated rings. The summed E-state index contributed by atoms with van der Waals surface area (Å²) in [5.74, 6) is 0.254. The Morgan fingerprint density at radius 2 is 1.91 bits per heavy atom. The molecule has 0 N–H and O–H groups in total. The molecule has 2 aliphatic heterocycles. The first-order chi connectivity index (χ1) is 10.6. The quantitative estimate of drug-likeness (QED) is 0.792. The zero-order chi connectivity index (χ0) is 15.7. The molecule has 0 aromatic heterocycles. The van der Waals surface area contributed by atoms with Crippen LogP contribution in [0.4, 0.5) is 0 Å². The van der Waals surface area contributed by atoms with E-state index in [1.54, 1.807) is 0 Å². The second-order valence-electron chi connectivity index (χ2n) is 7.24. The summed E-state index contributed by atoms with van der Waals surface area (Å²) in [5.41, 5.74) is 0. The van der Waals surface area contributed by atoms with Crippen LogP contribution < -0.4 is 0 Å². The minimum absolute atomic E-state index is 0.0283. The van der Waals surface area contributed by atoms with Crippen LogP contribution in [0.15, 0.2) is 0 Å². The molecule has 2 heterocycles.